The second-order valence-electron chi connectivity index (χ2n) is 6.30. The summed E-state index contributed by atoms with van der Waals surface area (Å²) in [4.78, 5) is 7.00. The number of likely N-dealkylation sites (tertiary alicyclic amines) is 1. The van der Waals surface area contributed by atoms with Crippen LogP contribution in [-0.4, -0.2) is 43.6 Å². The van der Waals surface area contributed by atoms with Crippen molar-refractivity contribution in [3.63, 3.8) is 0 Å². The van der Waals surface area contributed by atoms with Crippen molar-refractivity contribution < 1.29 is 4.74 Å². The highest BCUT2D eigenvalue weighted by atomic mass is 35.5. The molecule has 1 heterocycles. The third-order valence-corrected chi connectivity index (χ3v) is 4.52. The standard InChI is InChI=1S/C17H27ClN4O/c1-12(2)22-8-4-5-13(11-22)10-20-17(19)21-14-6-7-16(23-3)15(18)9-14/h6-7,9,12-13H,4-5,8,10-11H2,1-3H3,(H3,19,20,21). The maximum Gasteiger partial charge on any atom is 0.193 e. The molecule has 5 nitrogen and oxygen atoms in total. The van der Waals surface area contributed by atoms with Gasteiger partial charge in [-0.3, -0.25) is 4.99 Å². The molecule has 3 N–H and O–H groups in total. The zero-order valence-electron chi connectivity index (χ0n) is 14.2. The van der Waals surface area contributed by atoms with Gasteiger partial charge in [-0.1, -0.05) is 11.6 Å². The van der Waals surface area contributed by atoms with Gasteiger partial charge in [0.2, 0.25) is 0 Å². The maximum absolute atomic E-state index is 6.11. The fraction of sp³-hybridized carbons (Fsp3) is 0.588. The normalized spacial score (nSPS) is 19.9. The lowest BCUT2D eigenvalue weighted by molar-refractivity contribution is 0.143. The molecule has 1 aliphatic heterocycles. The molecule has 6 heteroatoms. The molecule has 1 aromatic carbocycles. The van der Waals surface area contributed by atoms with E-state index >= 15 is 0 Å². The first-order valence-corrected chi connectivity index (χ1v) is 8.52. The topological polar surface area (TPSA) is 62.9 Å². The lowest BCUT2D eigenvalue weighted by atomic mass is 9.97. The number of nitrogens with two attached hydrogens (primary N) is 1. The van der Waals surface area contributed by atoms with E-state index in [-0.39, 0.29) is 0 Å². The summed E-state index contributed by atoms with van der Waals surface area (Å²) in [7, 11) is 1.59. The number of anilines is 1. The van der Waals surface area contributed by atoms with Gasteiger partial charge in [0.1, 0.15) is 5.75 Å². The van der Waals surface area contributed by atoms with Crippen molar-refractivity contribution in [2.24, 2.45) is 16.6 Å². The van der Waals surface area contributed by atoms with Crippen molar-refractivity contribution in [1.82, 2.24) is 4.90 Å². The summed E-state index contributed by atoms with van der Waals surface area (Å²) < 4.78 is 5.14. The summed E-state index contributed by atoms with van der Waals surface area (Å²) in [5.41, 5.74) is 6.80. The van der Waals surface area contributed by atoms with Crippen LogP contribution in [-0.2, 0) is 0 Å². The minimum atomic E-state index is 0.424. The number of nitrogens with one attached hydrogen (secondary N) is 1. The van der Waals surface area contributed by atoms with E-state index in [9.17, 15) is 0 Å². The average molecular weight is 339 g/mol. The van der Waals surface area contributed by atoms with E-state index in [4.69, 9.17) is 22.1 Å². The molecular formula is C17H27ClN4O. The Kier molecular flexibility index (Phi) is 6.54. The molecule has 2 rings (SSSR count). The van der Waals surface area contributed by atoms with Crippen LogP contribution in [0.15, 0.2) is 23.2 Å². The van der Waals surface area contributed by atoms with E-state index in [0.29, 0.717) is 28.7 Å². The van der Waals surface area contributed by atoms with Crippen LogP contribution in [0.2, 0.25) is 5.02 Å². The lowest BCUT2D eigenvalue weighted by Gasteiger charge is -2.34. The van der Waals surface area contributed by atoms with Gasteiger partial charge in [-0.2, -0.15) is 0 Å². The summed E-state index contributed by atoms with van der Waals surface area (Å²) in [5.74, 6) is 1.64. The number of ether oxygens (including phenoxy) is 1. The summed E-state index contributed by atoms with van der Waals surface area (Å²) in [6.45, 7) is 7.54. The van der Waals surface area contributed by atoms with Gasteiger partial charge in [0, 0.05) is 24.8 Å². The van der Waals surface area contributed by atoms with Crippen LogP contribution in [0.5, 0.6) is 5.75 Å². The summed E-state index contributed by atoms with van der Waals surface area (Å²) >= 11 is 6.11. The predicted molar refractivity (Wildman–Crippen MR) is 97.5 cm³/mol. The van der Waals surface area contributed by atoms with Crippen LogP contribution in [0.25, 0.3) is 0 Å². The van der Waals surface area contributed by atoms with Crippen LogP contribution in [0.3, 0.4) is 0 Å². The second-order valence-corrected chi connectivity index (χ2v) is 6.70. The third kappa shape index (κ3) is 5.29. The Hall–Kier alpha value is -1.46. The second kappa shape index (κ2) is 8.41. The van der Waals surface area contributed by atoms with Crippen LogP contribution < -0.4 is 15.8 Å². The molecule has 0 spiro atoms. The van der Waals surface area contributed by atoms with Crippen LogP contribution >= 0.6 is 11.6 Å². The number of nitrogens with zero attached hydrogens (tertiary/aromatic N) is 2. The van der Waals surface area contributed by atoms with Crippen molar-refractivity contribution >= 4 is 23.2 Å². The molecule has 0 saturated carbocycles. The van der Waals surface area contributed by atoms with Crippen LogP contribution in [0.4, 0.5) is 5.69 Å². The van der Waals surface area contributed by atoms with E-state index in [0.717, 1.165) is 18.8 Å². The highest BCUT2D eigenvalue weighted by Crippen LogP contribution is 2.27. The number of rotatable bonds is 5. The molecule has 128 valence electrons. The lowest BCUT2D eigenvalue weighted by Crippen LogP contribution is -2.41. The molecular weight excluding hydrogens is 312 g/mol. The van der Waals surface area contributed by atoms with Gasteiger partial charge in [-0.25, -0.2) is 0 Å². The van der Waals surface area contributed by atoms with Gasteiger partial charge in [-0.05, 0) is 57.4 Å². The number of guanidine groups is 1. The summed E-state index contributed by atoms with van der Waals surface area (Å²) in [5, 5.41) is 3.63. The minimum absolute atomic E-state index is 0.424. The van der Waals surface area contributed by atoms with E-state index in [1.807, 2.05) is 6.07 Å². The Morgan fingerprint density at radius 2 is 2.30 bits per heavy atom. The molecule has 0 aromatic heterocycles. The number of halogens is 1. The highest BCUT2D eigenvalue weighted by molar-refractivity contribution is 6.32. The van der Waals surface area contributed by atoms with Crippen LogP contribution in [0, 0.1) is 5.92 Å². The maximum atomic E-state index is 6.11. The van der Waals surface area contributed by atoms with Crippen molar-refractivity contribution in [3.8, 4) is 5.75 Å². The summed E-state index contributed by atoms with van der Waals surface area (Å²) in [6.07, 6.45) is 2.45. The molecule has 1 unspecified atom stereocenters. The van der Waals surface area contributed by atoms with Gasteiger partial charge in [-0.15, -0.1) is 0 Å². The monoisotopic (exact) mass is 338 g/mol. The van der Waals surface area contributed by atoms with Gasteiger partial charge in [0.15, 0.2) is 5.96 Å². The van der Waals surface area contributed by atoms with Gasteiger partial charge in [0.25, 0.3) is 0 Å². The average Bonchev–Trinajstić information content (AvgIpc) is 2.53. The van der Waals surface area contributed by atoms with E-state index < -0.39 is 0 Å². The van der Waals surface area contributed by atoms with E-state index in [1.54, 1.807) is 19.2 Å². The molecule has 1 saturated heterocycles. The Morgan fingerprint density at radius 3 is 2.96 bits per heavy atom. The summed E-state index contributed by atoms with van der Waals surface area (Å²) in [6, 6.07) is 6.05. The molecule has 1 aromatic rings. The van der Waals surface area contributed by atoms with Crippen molar-refractivity contribution in [1.29, 1.82) is 0 Å². The Bertz CT molecular complexity index is 547. The largest absolute Gasteiger partial charge is 0.495 e. The van der Waals surface area contributed by atoms with E-state index in [1.165, 1.54) is 19.4 Å². The van der Waals surface area contributed by atoms with Gasteiger partial charge >= 0.3 is 0 Å². The molecule has 1 aliphatic rings. The predicted octanol–water partition coefficient (Wildman–Crippen LogP) is 3.20. The van der Waals surface area contributed by atoms with Gasteiger partial charge < -0.3 is 20.7 Å². The number of methoxy groups -OCH3 is 1. The number of hydrogen-bond donors (Lipinski definition) is 2. The molecule has 23 heavy (non-hydrogen) atoms. The van der Waals surface area contributed by atoms with Gasteiger partial charge in [0.05, 0.1) is 12.1 Å². The first-order chi connectivity index (χ1) is 11.0. The number of hydrogen-bond acceptors (Lipinski definition) is 3. The smallest absolute Gasteiger partial charge is 0.193 e. The van der Waals surface area contributed by atoms with Crippen molar-refractivity contribution in [2.75, 3.05) is 32.1 Å². The Labute approximate surface area is 143 Å². The van der Waals surface area contributed by atoms with Crippen molar-refractivity contribution in [2.45, 2.75) is 32.7 Å². The Balaban J connectivity index is 1.89. The number of piperidine rings is 1. The minimum Gasteiger partial charge on any atom is -0.495 e. The van der Waals surface area contributed by atoms with E-state index in [2.05, 4.69) is 29.1 Å². The molecule has 1 fully saturated rings. The molecule has 0 aliphatic carbocycles. The zero-order chi connectivity index (χ0) is 16.8. The fourth-order valence-corrected chi connectivity index (χ4v) is 3.13. The Morgan fingerprint density at radius 1 is 1.52 bits per heavy atom. The number of benzene rings is 1. The molecule has 0 amide bonds. The zero-order valence-corrected chi connectivity index (χ0v) is 14.9. The van der Waals surface area contributed by atoms with Crippen LogP contribution in [0.1, 0.15) is 26.7 Å². The molecule has 0 radical (unpaired) electrons. The highest BCUT2D eigenvalue weighted by Gasteiger charge is 2.21. The molecule has 0 bridgehead atoms. The SMILES string of the molecule is COc1ccc(NC(N)=NCC2CCCN(C(C)C)C2)cc1Cl. The van der Waals surface area contributed by atoms with Crippen molar-refractivity contribution in [3.05, 3.63) is 23.2 Å². The first kappa shape index (κ1) is 17.9. The quantitative estimate of drug-likeness (QED) is 0.639. The first-order valence-electron chi connectivity index (χ1n) is 8.14. The molecule has 1 atom stereocenters. The fourth-order valence-electron chi connectivity index (χ4n) is 2.87. The number of aliphatic imine (C=N–C) groups is 1. The third-order valence-electron chi connectivity index (χ3n) is 4.22.